The van der Waals surface area contributed by atoms with Crippen LogP contribution in [0.2, 0.25) is 5.28 Å². The van der Waals surface area contributed by atoms with Crippen molar-refractivity contribution < 1.29 is 0 Å². The normalized spacial score (nSPS) is 12.2. The van der Waals surface area contributed by atoms with Gasteiger partial charge in [0.15, 0.2) is 0 Å². The van der Waals surface area contributed by atoms with E-state index in [4.69, 9.17) is 11.6 Å². The third-order valence-corrected chi connectivity index (χ3v) is 3.09. The summed E-state index contributed by atoms with van der Waals surface area (Å²) in [7, 11) is 0. The molecule has 0 aliphatic heterocycles. The Morgan fingerprint density at radius 1 is 1.00 bits per heavy atom. The molecule has 0 saturated heterocycles. The first-order chi connectivity index (χ1) is 10.0. The molecule has 0 bridgehead atoms. The summed E-state index contributed by atoms with van der Waals surface area (Å²) in [4.78, 5) is 12.5. The molecule has 1 aromatic heterocycles. The van der Waals surface area contributed by atoms with E-state index < -0.39 is 0 Å². The van der Waals surface area contributed by atoms with E-state index in [-0.39, 0.29) is 11.3 Å². The summed E-state index contributed by atoms with van der Waals surface area (Å²) in [6, 6.07) is 10.2. The number of anilines is 2. The summed E-state index contributed by atoms with van der Waals surface area (Å²) in [6.45, 7) is 7.07. The molecule has 0 saturated carbocycles. The molecule has 2 aromatic rings. The van der Waals surface area contributed by atoms with Gasteiger partial charge in [-0.1, -0.05) is 44.2 Å². The van der Waals surface area contributed by atoms with Crippen LogP contribution < -0.4 is 10.6 Å². The molecule has 1 aromatic carbocycles. The van der Waals surface area contributed by atoms with Gasteiger partial charge in [0.2, 0.25) is 17.2 Å². The smallest absolute Gasteiger partial charge is 0.229 e. The molecule has 0 radical (unpaired) electrons. The summed E-state index contributed by atoms with van der Waals surface area (Å²) in [6.07, 6.45) is 0. The fourth-order valence-electron chi connectivity index (χ4n) is 1.81. The molecule has 2 rings (SSSR count). The highest BCUT2D eigenvalue weighted by Gasteiger charge is 2.09. The van der Waals surface area contributed by atoms with Crippen molar-refractivity contribution in [1.29, 1.82) is 0 Å². The Hall–Kier alpha value is -1.88. The van der Waals surface area contributed by atoms with Gasteiger partial charge in [-0.05, 0) is 30.0 Å². The van der Waals surface area contributed by atoms with Crippen LogP contribution in [0, 0.1) is 5.92 Å². The minimum Gasteiger partial charge on any atom is -0.354 e. The van der Waals surface area contributed by atoms with E-state index in [2.05, 4.69) is 51.6 Å². The van der Waals surface area contributed by atoms with E-state index in [1.54, 1.807) is 0 Å². The van der Waals surface area contributed by atoms with Gasteiger partial charge >= 0.3 is 0 Å². The predicted molar refractivity (Wildman–Crippen MR) is 86.6 cm³/mol. The summed E-state index contributed by atoms with van der Waals surface area (Å²) >= 11 is 5.95. The number of aromatic nitrogens is 3. The van der Waals surface area contributed by atoms with Crippen molar-refractivity contribution in [2.75, 3.05) is 17.2 Å². The predicted octanol–water partition coefficient (Wildman–Crippen LogP) is 3.77. The maximum absolute atomic E-state index is 5.95. The van der Waals surface area contributed by atoms with Gasteiger partial charge in [0.25, 0.3) is 0 Å². The Morgan fingerprint density at radius 2 is 1.67 bits per heavy atom. The summed E-state index contributed by atoms with van der Waals surface area (Å²) in [5.41, 5.74) is 1.16. The molecule has 1 heterocycles. The molecular weight excluding hydrogens is 286 g/mol. The van der Waals surface area contributed by atoms with Gasteiger partial charge in [0, 0.05) is 6.54 Å². The van der Waals surface area contributed by atoms with Crippen LogP contribution in [0.3, 0.4) is 0 Å². The van der Waals surface area contributed by atoms with E-state index in [1.165, 1.54) is 0 Å². The number of hydrogen-bond donors (Lipinski definition) is 2. The molecule has 0 amide bonds. The molecule has 21 heavy (non-hydrogen) atoms. The second-order valence-electron chi connectivity index (χ2n) is 5.30. The lowest BCUT2D eigenvalue weighted by atomic mass is 10.1. The van der Waals surface area contributed by atoms with Crippen molar-refractivity contribution in [2.24, 2.45) is 5.92 Å². The molecule has 1 atom stereocenters. The minimum absolute atomic E-state index is 0.0858. The first-order valence-corrected chi connectivity index (χ1v) is 7.39. The van der Waals surface area contributed by atoms with Crippen LogP contribution in [0.25, 0.3) is 0 Å². The van der Waals surface area contributed by atoms with E-state index >= 15 is 0 Å². The molecule has 2 N–H and O–H groups in total. The van der Waals surface area contributed by atoms with Crippen molar-refractivity contribution in [3.63, 3.8) is 0 Å². The second kappa shape index (κ2) is 7.22. The van der Waals surface area contributed by atoms with Crippen LogP contribution in [0.4, 0.5) is 11.9 Å². The third-order valence-electron chi connectivity index (χ3n) is 2.92. The lowest BCUT2D eigenvalue weighted by Gasteiger charge is -2.15. The fraction of sp³-hybridized carbons (Fsp3) is 0.400. The van der Waals surface area contributed by atoms with Gasteiger partial charge in [-0.25, -0.2) is 0 Å². The van der Waals surface area contributed by atoms with Crippen LogP contribution in [0.1, 0.15) is 32.4 Å². The Labute approximate surface area is 130 Å². The van der Waals surface area contributed by atoms with Crippen LogP contribution >= 0.6 is 11.6 Å². The number of hydrogen-bond acceptors (Lipinski definition) is 5. The first kappa shape index (κ1) is 15.5. The molecule has 0 aliphatic carbocycles. The van der Waals surface area contributed by atoms with Crippen molar-refractivity contribution in [1.82, 2.24) is 15.0 Å². The van der Waals surface area contributed by atoms with E-state index in [1.807, 2.05) is 25.1 Å². The van der Waals surface area contributed by atoms with Crippen molar-refractivity contribution >= 4 is 23.5 Å². The number of benzene rings is 1. The molecule has 0 aliphatic rings. The standard InChI is InChI=1S/C15H20ClN5/c1-10(2)9-17-14-19-13(16)20-15(21-14)18-11(3)12-7-5-4-6-8-12/h4-8,10-11H,9H2,1-3H3,(H2,17,18,19,20,21)/t11-/m0/s1. The number of nitrogens with one attached hydrogen (secondary N) is 2. The van der Waals surface area contributed by atoms with Crippen LogP contribution in [-0.4, -0.2) is 21.5 Å². The molecule has 6 heteroatoms. The number of halogens is 1. The minimum atomic E-state index is 0.0858. The third kappa shape index (κ3) is 4.86. The average Bonchev–Trinajstić information content (AvgIpc) is 2.45. The van der Waals surface area contributed by atoms with Gasteiger partial charge in [-0.3, -0.25) is 0 Å². The van der Waals surface area contributed by atoms with Gasteiger partial charge in [0.1, 0.15) is 0 Å². The van der Waals surface area contributed by atoms with E-state index in [9.17, 15) is 0 Å². The summed E-state index contributed by atoms with van der Waals surface area (Å²) in [5.74, 6) is 1.46. The maximum Gasteiger partial charge on any atom is 0.229 e. The Bertz CT molecular complexity index is 574. The van der Waals surface area contributed by atoms with Crippen LogP contribution in [0.15, 0.2) is 30.3 Å². The Morgan fingerprint density at radius 3 is 2.33 bits per heavy atom. The van der Waals surface area contributed by atoms with Gasteiger partial charge in [0.05, 0.1) is 6.04 Å². The van der Waals surface area contributed by atoms with Crippen molar-refractivity contribution in [2.45, 2.75) is 26.8 Å². The van der Waals surface area contributed by atoms with Gasteiger partial charge in [-0.2, -0.15) is 15.0 Å². The van der Waals surface area contributed by atoms with Crippen LogP contribution in [0.5, 0.6) is 0 Å². The van der Waals surface area contributed by atoms with Gasteiger partial charge < -0.3 is 10.6 Å². The zero-order chi connectivity index (χ0) is 15.2. The van der Waals surface area contributed by atoms with Gasteiger partial charge in [-0.15, -0.1) is 0 Å². The largest absolute Gasteiger partial charge is 0.354 e. The molecule has 0 spiro atoms. The van der Waals surface area contributed by atoms with E-state index in [0.717, 1.165) is 12.1 Å². The highest BCUT2D eigenvalue weighted by atomic mass is 35.5. The zero-order valence-corrected chi connectivity index (χ0v) is 13.2. The average molecular weight is 306 g/mol. The fourth-order valence-corrected chi connectivity index (χ4v) is 1.97. The zero-order valence-electron chi connectivity index (χ0n) is 12.5. The topological polar surface area (TPSA) is 62.7 Å². The molecule has 5 nitrogen and oxygen atoms in total. The first-order valence-electron chi connectivity index (χ1n) is 7.01. The lowest BCUT2D eigenvalue weighted by molar-refractivity contribution is 0.684. The molecule has 0 unspecified atom stereocenters. The lowest BCUT2D eigenvalue weighted by Crippen LogP contribution is -2.14. The Kier molecular flexibility index (Phi) is 5.33. The Balaban J connectivity index is 2.09. The summed E-state index contributed by atoms with van der Waals surface area (Å²) in [5, 5.41) is 6.57. The number of nitrogens with zero attached hydrogens (tertiary/aromatic N) is 3. The second-order valence-corrected chi connectivity index (χ2v) is 5.64. The molecular formula is C15H20ClN5. The maximum atomic E-state index is 5.95. The molecule has 0 fully saturated rings. The van der Waals surface area contributed by atoms with E-state index in [0.29, 0.717) is 17.8 Å². The highest BCUT2D eigenvalue weighted by Crippen LogP contribution is 2.18. The quantitative estimate of drug-likeness (QED) is 0.850. The summed E-state index contributed by atoms with van der Waals surface area (Å²) < 4.78 is 0. The molecule has 112 valence electrons. The van der Waals surface area contributed by atoms with Crippen LogP contribution in [-0.2, 0) is 0 Å². The van der Waals surface area contributed by atoms with Crippen molar-refractivity contribution in [3.05, 3.63) is 41.2 Å². The van der Waals surface area contributed by atoms with Crippen molar-refractivity contribution in [3.8, 4) is 0 Å². The monoisotopic (exact) mass is 305 g/mol. The SMILES string of the molecule is CC(C)CNc1nc(Cl)nc(N[C@@H](C)c2ccccc2)n1. The highest BCUT2D eigenvalue weighted by molar-refractivity contribution is 6.28. The number of rotatable bonds is 6.